The second-order valence-electron chi connectivity index (χ2n) is 6.98. The number of piperidine rings is 1. The predicted octanol–water partition coefficient (Wildman–Crippen LogP) is 2.71. The van der Waals surface area contributed by atoms with Crippen LogP contribution in [0.5, 0.6) is 0 Å². The number of likely N-dealkylation sites (tertiary alicyclic amines) is 1. The number of carboxylic acid groups (broad SMARTS) is 1. The minimum absolute atomic E-state index is 0.00392. The number of hydrogen-bond donors (Lipinski definition) is 2. The van der Waals surface area contributed by atoms with Crippen LogP contribution in [0.2, 0.25) is 0 Å². The van der Waals surface area contributed by atoms with Crippen LogP contribution in [-0.4, -0.2) is 40.6 Å². The SMILES string of the molecule is CCC(C)(C)NC(=O)N1CCCC(C(C)(C)C(=O)O)C1. The van der Waals surface area contributed by atoms with Crippen LogP contribution in [-0.2, 0) is 4.79 Å². The third kappa shape index (κ3) is 3.87. The summed E-state index contributed by atoms with van der Waals surface area (Å²) in [7, 11) is 0. The van der Waals surface area contributed by atoms with Gasteiger partial charge in [-0.2, -0.15) is 0 Å². The van der Waals surface area contributed by atoms with Gasteiger partial charge in [0.15, 0.2) is 0 Å². The Kier molecular flexibility index (Phi) is 5.05. The minimum atomic E-state index is -0.793. The molecule has 2 N–H and O–H groups in total. The summed E-state index contributed by atoms with van der Waals surface area (Å²) >= 11 is 0. The van der Waals surface area contributed by atoms with Crippen molar-refractivity contribution in [1.82, 2.24) is 10.2 Å². The molecule has 20 heavy (non-hydrogen) atoms. The number of hydrogen-bond acceptors (Lipinski definition) is 2. The lowest BCUT2D eigenvalue weighted by atomic mass is 9.74. The van der Waals surface area contributed by atoms with Crippen molar-refractivity contribution in [2.75, 3.05) is 13.1 Å². The molecule has 0 bridgehead atoms. The number of carbonyl (C=O) groups is 2. The first kappa shape index (κ1) is 16.8. The maximum Gasteiger partial charge on any atom is 0.317 e. The summed E-state index contributed by atoms with van der Waals surface area (Å²) in [4.78, 5) is 25.4. The van der Waals surface area contributed by atoms with Gasteiger partial charge >= 0.3 is 12.0 Å². The Morgan fingerprint density at radius 1 is 1.30 bits per heavy atom. The van der Waals surface area contributed by atoms with E-state index in [1.807, 2.05) is 20.8 Å². The largest absolute Gasteiger partial charge is 0.481 e. The summed E-state index contributed by atoms with van der Waals surface area (Å²) in [6, 6.07) is -0.0808. The topological polar surface area (TPSA) is 69.6 Å². The highest BCUT2D eigenvalue weighted by Crippen LogP contribution is 2.34. The van der Waals surface area contributed by atoms with Gasteiger partial charge in [0.25, 0.3) is 0 Å². The highest BCUT2D eigenvalue weighted by Gasteiger charge is 2.40. The zero-order chi connectivity index (χ0) is 15.6. The molecule has 0 aromatic carbocycles. The summed E-state index contributed by atoms with van der Waals surface area (Å²) in [5.74, 6) is -0.789. The number of carbonyl (C=O) groups excluding carboxylic acids is 1. The second-order valence-corrected chi connectivity index (χ2v) is 6.98. The van der Waals surface area contributed by atoms with Crippen LogP contribution in [0, 0.1) is 11.3 Å². The lowest BCUT2D eigenvalue weighted by molar-refractivity contribution is -0.151. The molecule has 5 nitrogen and oxygen atoms in total. The Balaban J connectivity index is 2.70. The molecular weight excluding hydrogens is 256 g/mol. The molecular formula is C15H28N2O3. The van der Waals surface area contributed by atoms with Gasteiger partial charge < -0.3 is 15.3 Å². The first-order valence-corrected chi connectivity index (χ1v) is 7.40. The van der Waals surface area contributed by atoms with Gasteiger partial charge in [-0.3, -0.25) is 4.79 Å². The third-order valence-corrected chi connectivity index (χ3v) is 4.61. The first-order valence-electron chi connectivity index (χ1n) is 7.40. The zero-order valence-corrected chi connectivity index (χ0v) is 13.3. The summed E-state index contributed by atoms with van der Waals surface area (Å²) in [5.41, 5.74) is -1.02. The number of urea groups is 1. The molecule has 1 saturated heterocycles. The molecule has 0 aromatic rings. The highest BCUT2D eigenvalue weighted by atomic mass is 16.4. The normalized spacial score (nSPS) is 20.6. The molecule has 0 spiro atoms. The van der Waals surface area contributed by atoms with Gasteiger partial charge in [-0.05, 0) is 52.9 Å². The third-order valence-electron chi connectivity index (χ3n) is 4.61. The van der Waals surface area contributed by atoms with E-state index in [0.29, 0.717) is 13.1 Å². The number of amides is 2. The monoisotopic (exact) mass is 284 g/mol. The van der Waals surface area contributed by atoms with E-state index in [-0.39, 0.29) is 17.5 Å². The van der Waals surface area contributed by atoms with Crippen molar-refractivity contribution in [1.29, 1.82) is 0 Å². The van der Waals surface area contributed by atoms with E-state index in [2.05, 4.69) is 5.32 Å². The molecule has 0 saturated carbocycles. The number of nitrogens with zero attached hydrogens (tertiary/aromatic N) is 1. The molecule has 116 valence electrons. The average molecular weight is 284 g/mol. The van der Waals surface area contributed by atoms with Crippen LogP contribution in [0.1, 0.15) is 53.9 Å². The van der Waals surface area contributed by atoms with Gasteiger partial charge in [0.05, 0.1) is 5.41 Å². The molecule has 1 fully saturated rings. The maximum atomic E-state index is 12.3. The first-order chi connectivity index (χ1) is 9.10. The molecule has 1 aliphatic heterocycles. The lowest BCUT2D eigenvalue weighted by Gasteiger charge is -2.40. The van der Waals surface area contributed by atoms with E-state index in [0.717, 1.165) is 19.3 Å². The Labute approximate surface area is 121 Å². The summed E-state index contributed by atoms with van der Waals surface area (Å²) in [6.07, 6.45) is 2.58. The van der Waals surface area contributed by atoms with Gasteiger partial charge in [-0.1, -0.05) is 6.92 Å². The fourth-order valence-electron chi connectivity index (χ4n) is 2.38. The fourth-order valence-corrected chi connectivity index (χ4v) is 2.38. The van der Waals surface area contributed by atoms with Gasteiger partial charge in [0, 0.05) is 18.6 Å². The molecule has 5 heteroatoms. The van der Waals surface area contributed by atoms with Gasteiger partial charge in [0.2, 0.25) is 0 Å². The molecule has 0 radical (unpaired) electrons. The van der Waals surface area contributed by atoms with E-state index in [4.69, 9.17) is 0 Å². The Hall–Kier alpha value is -1.26. The van der Waals surface area contributed by atoms with Crippen LogP contribution in [0.15, 0.2) is 0 Å². The Morgan fingerprint density at radius 3 is 2.40 bits per heavy atom. The predicted molar refractivity (Wildman–Crippen MR) is 78.6 cm³/mol. The fraction of sp³-hybridized carbons (Fsp3) is 0.867. The van der Waals surface area contributed by atoms with Crippen LogP contribution >= 0.6 is 0 Å². The Morgan fingerprint density at radius 2 is 1.90 bits per heavy atom. The van der Waals surface area contributed by atoms with Crippen molar-refractivity contribution in [2.45, 2.75) is 59.4 Å². The van der Waals surface area contributed by atoms with E-state index in [1.165, 1.54) is 0 Å². The van der Waals surface area contributed by atoms with Crippen molar-refractivity contribution in [2.24, 2.45) is 11.3 Å². The van der Waals surface area contributed by atoms with E-state index in [1.54, 1.807) is 18.7 Å². The van der Waals surface area contributed by atoms with Crippen LogP contribution in [0.4, 0.5) is 4.79 Å². The van der Waals surface area contributed by atoms with Crippen LogP contribution in [0.3, 0.4) is 0 Å². The summed E-state index contributed by atoms with van der Waals surface area (Å²) in [5, 5.41) is 12.3. The van der Waals surface area contributed by atoms with Crippen molar-refractivity contribution in [3.8, 4) is 0 Å². The van der Waals surface area contributed by atoms with Gasteiger partial charge in [-0.15, -0.1) is 0 Å². The summed E-state index contributed by atoms with van der Waals surface area (Å²) in [6.45, 7) is 10.7. The molecule has 1 rings (SSSR count). The number of aliphatic carboxylic acids is 1. The van der Waals surface area contributed by atoms with Crippen LogP contribution in [0.25, 0.3) is 0 Å². The Bertz CT molecular complexity index is 377. The maximum absolute atomic E-state index is 12.3. The zero-order valence-electron chi connectivity index (χ0n) is 13.3. The van der Waals surface area contributed by atoms with E-state index >= 15 is 0 Å². The molecule has 1 atom stereocenters. The van der Waals surface area contributed by atoms with Crippen molar-refractivity contribution in [3.05, 3.63) is 0 Å². The standard InChI is InChI=1S/C15H28N2O3/c1-6-14(2,3)16-13(20)17-9-7-8-11(10-17)15(4,5)12(18)19/h11H,6-10H2,1-5H3,(H,16,20)(H,18,19). The molecule has 0 aliphatic carbocycles. The highest BCUT2D eigenvalue weighted by molar-refractivity contribution is 5.76. The number of nitrogens with one attached hydrogen (secondary N) is 1. The quantitative estimate of drug-likeness (QED) is 0.834. The number of rotatable bonds is 4. The van der Waals surface area contributed by atoms with Crippen LogP contribution < -0.4 is 5.32 Å². The number of carboxylic acids is 1. The van der Waals surface area contributed by atoms with E-state index in [9.17, 15) is 14.7 Å². The summed E-state index contributed by atoms with van der Waals surface area (Å²) < 4.78 is 0. The smallest absolute Gasteiger partial charge is 0.317 e. The molecule has 1 heterocycles. The molecule has 1 unspecified atom stereocenters. The van der Waals surface area contributed by atoms with Crippen molar-refractivity contribution < 1.29 is 14.7 Å². The van der Waals surface area contributed by atoms with E-state index < -0.39 is 11.4 Å². The van der Waals surface area contributed by atoms with Gasteiger partial charge in [-0.25, -0.2) is 4.79 Å². The van der Waals surface area contributed by atoms with Gasteiger partial charge in [0.1, 0.15) is 0 Å². The minimum Gasteiger partial charge on any atom is -0.481 e. The average Bonchev–Trinajstić information content (AvgIpc) is 2.38. The van der Waals surface area contributed by atoms with Crippen molar-refractivity contribution in [3.63, 3.8) is 0 Å². The lowest BCUT2D eigenvalue weighted by Crippen LogP contribution is -2.54. The molecule has 2 amide bonds. The van der Waals surface area contributed by atoms with Crippen molar-refractivity contribution >= 4 is 12.0 Å². The second kappa shape index (κ2) is 6.02. The molecule has 1 aliphatic rings. The molecule has 0 aromatic heterocycles.